The fourth-order valence-electron chi connectivity index (χ4n) is 6.35. The number of amides is 3. The molecule has 1 aliphatic heterocycles. The number of nitrogens with zero attached hydrogens (tertiary/aromatic N) is 1. The van der Waals surface area contributed by atoms with Gasteiger partial charge >= 0.3 is 5.97 Å². The summed E-state index contributed by atoms with van der Waals surface area (Å²) in [5.41, 5.74) is 1.05. The van der Waals surface area contributed by atoms with Crippen LogP contribution in [0.3, 0.4) is 0 Å². The van der Waals surface area contributed by atoms with Crippen LogP contribution in [0.15, 0.2) is 77.7 Å². The van der Waals surface area contributed by atoms with E-state index in [0.717, 1.165) is 16.7 Å². The van der Waals surface area contributed by atoms with Crippen LogP contribution >= 0.6 is 13.5 Å². The smallest absolute Gasteiger partial charge is 0.307 e. The number of methoxy groups -OCH3 is 1. The fourth-order valence-corrected chi connectivity index (χ4v) is 6.35. The number of hydrogen-bond acceptors (Lipinski definition) is 6. The van der Waals surface area contributed by atoms with Crippen molar-refractivity contribution in [3.05, 3.63) is 106 Å². The first-order valence-corrected chi connectivity index (χ1v) is 14.6. The molecule has 44 heavy (non-hydrogen) atoms. The Labute approximate surface area is 263 Å². The zero-order chi connectivity index (χ0) is 30.4. The Morgan fingerprint density at radius 2 is 1.66 bits per heavy atom. The molecule has 0 radical (unpaired) electrons. The number of rotatable bonds is 8. The molecule has 3 amide bonds. The summed E-state index contributed by atoms with van der Waals surface area (Å²) in [6, 6.07) is 20.1. The average Bonchev–Trinajstić information content (AvgIpc) is 3.04. The number of ether oxygens (including phenoxy) is 1. The molecule has 2 atom stereocenters. The summed E-state index contributed by atoms with van der Waals surface area (Å²) < 4.78 is 4.73. The molecule has 11 heteroatoms. The van der Waals surface area contributed by atoms with Gasteiger partial charge in [0, 0.05) is 31.9 Å². The first-order valence-electron chi connectivity index (χ1n) is 14.6. The van der Waals surface area contributed by atoms with E-state index in [1.807, 2.05) is 59.5 Å². The maximum absolute atomic E-state index is 14.0. The van der Waals surface area contributed by atoms with Gasteiger partial charge in [0.25, 0.3) is 11.5 Å². The third-order valence-electron chi connectivity index (χ3n) is 8.60. The summed E-state index contributed by atoms with van der Waals surface area (Å²) in [5, 5.41) is 5.88. The maximum Gasteiger partial charge on any atom is 0.307 e. The van der Waals surface area contributed by atoms with Gasteiger partial charge in [-0.15, -0.1) is 0 Å². The van der Waals surface area contributed by atoms with Gasteiger partial charge < -0.3 is 25.3 Å². The first kappa shape index (κ1) is 32.5. The van der Waals surface area contributed by atoms with Gasteiger partial charge in [-0.1, -0.05) is 54.6 Å². The fraction of sp³-hybridized carbons (Fsp3) is 0.364. The molecule has 0 saturated carbocycles. The average molecular weight is 619 g/mol. The number of piperidine rings is 1. The van der Waals surface area contributed by atoms with E-state index in [0.29, 0.717) is 38.8 Å². The molecule has 2 aliphatic rings. The highest BCUT2D eigenvalue weighted by Gasteiger charge is 2.48. The van der Waals surface area contributed by atoms with E-state index < -0.39 is 28.8 Å². The Morgan fingerprint density at radius 1 is 0.955 bits per heavy atom. The van der Waals surface area contributed by atoms with Crippen LogP contribution in [0, 0.1) is 0 Å². The highest BCUT2D eigenvalue weighted by atomic mass is 32.1. The van der Waals surface area contributed by atoms with Crippen LogP contribution in [0.25, 0.3) is 0 Å². The Hall–Kier alpha value is -4.38. The first-order chi connectivity index (χ1) is 20.8. The molecular weight excluding hydrogens is 580 g/mol. The van der Waals surface area contributed by atoms with E-state index in [-0.39, 0.29) is 49.9 Å². The van der Waals surface area contributed by atoms with Crippen molar-refractivity contribution in [2.75, 3.05) is 26.7 Å². The molecule has 0 unspecified atom stereocenters. The number of H-pyrrole nitrogens is 1. The largest absolute Gasteiger partial charge is 0.469 e. The van der Waals surface area contributed by atoms with Gasteiger partial charge in [0.1, 0.15) is 5.56 Å². The number of esters is 1. The summed E-state index contributed by atoms with van der Waals surface area (Å²) in [5.74, 6) is -1.44. The lowest BCUT2D eigenvalue weighted by Gasteiger charge is -2.42. The standard InChI is InChI=1S/C33H36N4O6.H2S/c1-43-28(38)14-19-35-32(42)33(22-8-3-2-4-9-22)17-13-25(24-10-5-6-12-27(24)33)31(41)37-20-15-23(16-21-37)36-30(40)26-11-7-18-34-29(26)39;/h2-12,18,23,25H,13-17,19-21H2,1H3,(H,34,39)(H,35,42)(H,36,40);1H2/t25-,33+;/m0./s1. The van der Waals surface area contributed by atoms with Crippen LogP contribution in [0.5, 0.6) is 0 Å². The van der Waals surface area contributed by atoms with E-state index in [9.17, 15) is 24.0 Å². The van der Waals surface area contributed by atoms with Gasteiger partial charge in [-0.2, -0.15) is 13.5 Å². The van der Waals surface area contributed by atoms with Crippen LogP contribution in [0.4, 0.5) is 0 Å². The Bertz CT molecular complexity index is 1550. The highest BCUT2D eigenvalue weighted by Crippen LogP contribution is 2.48. The molecule has 1 fully saturated rings. The van der Waals surface area contributed by atoms with Crippen LogP contribution in [-0.2, 0) is 24.5 Å². The van der Waals surface area contributed by atoms with Crippen LogP contribution in [0.2, 0.25) is 0 Å². The zero-order valence-corrected chi connectivity index (χ0v) is 25.6. The van der Waals surface area contributed by atoms with Gasteiger partial charge in [-0.05, 0) is 54.5 Å². The molecular formula is C33H38N4O6S. The summed E-state index contributed by atoms with van der Waals surface area (Å²) in [7, 11) is 1.32. The molecule has 10 nitrogen and oxygen atoms in total. The van der Waals surface area contributed by atoms with Crippen molar-refractivity contribution >= 4 is 37.2 Å². The van der Waals surface area contributed by atoms with Crippen molar-refractivity contribution in [1.29, 1.82) is 0 Å². The molecule has 2 heterocycles. The number of aromatic nitrogens is 1. The predicted octanol–water partition coefficient (Wildman–Crippen LogP) is 2.75. The van der Waals surface area contributed by atoms with E-state index in [4.69, 9.17) is 4.74 Å². The van der Waals surface area contributed by atoms with E-state index >= 15 is 0 Å². The molecule has 2 aromatic carbocycles. The monoisotopic (exact) mass is 618 g/mol. The van der Waals surface area contributed by atoms with Gasteiger partial charge in [-0.3, -0.25) is 24.0 Å². The zero-order valence-electron chi connectivity index (χ0n) is 24.6. The SMILES string of the molecule is COC(=O)CCNC(=O)[C@@]1(c2ccccc2)CC[C@H](C(=O)N2CCC(NC(=O)c3ccc[nH]c3=O)CC2)c2ccccc21.S. The molecule has 3 aromatic rings. The number of nitrogens with one attached hydrogen (secondary N) is 3. The van der Waals surface area contributed by atoms with Gasteiger partial charge in [-0.25, -0.2) is 0 Å². The molecule has 5 rings (SSSR count). The van der Waals surface area contributed by atoms with Gasteiger partial charge in [0.2, 0.25) is 11.8 Å². The minimum absolute atomic E-state index is 0. The second-order valence-corrected chi connectivity index (χ2v) is 11.0. The Kier molecular flexibility index (Phi) is 10.6. The lowest BCUT2D eigenvalue weighted by Crippen LogP contribution is -2.51. The van der Waals surface area contributed by atoms with E-state index in [1.54, 1.807) is 6.07 Å². The number of fused-ring (bicyclic) bond motifs is 1. The number of hydrogen-bond donors (Lipinski definition) is 3. The molecule has 1 saturated heterocycles. The van der Waals surface area contributed by atoms with Crippen LogP contribution in [0.1, 0.15) is 65.1 Å². The number of carbonyl (C=O) groups excluding carboxylic acids is 4. The van der Waals surface area contributed by atoms with Crippen molar-refractivity contribution < 1.29 is 23.9 Å². The van der Waals surface area contributed by atoms with Gasteiger partial charge in [0.05, 0.1) is 24.9 Å². The molecule has 1 aliphatic carbocycles. The highest BCUT2D eigenvalue weighted by molar-refractivity contribution is 7.59. The second-order valence-electron chi connectivity index (χ2n) is 11.0. The normalized spacial score (nSPS) is 19.6. The number of benzene rings is 2. The second kappa shape index (κ2) is 14.4. The number of carbonyl (C=O) groups is 4. The number of aromatic amines is 1. The van der Waals surface area contributed by atoms with Gasteiger partial charge in [0.15, 0.2) is 0 Å². The number of likely N-dealkylation sites (tertiary alicyclic amines) is 1. The minimum Gasteiger partial charge on any atom is -0.469 e. The predicted molar refractivity (Wildman–Crippen MR) is 170 cm³/mol. The Balaban J connectivity index is 0.00000442. The summed E-state index contributed by atoms with van der Waals surface area (Å²) in [4.78, 5) is 68.5. The topological polar surface area (TPSA) is 138 Å². The number of pyridine rings is 1. The molecule has 1 aromatic heterocycles. The quantitative estimate of drug-likeness (QED) is 0.332. The van der Waals surface area contributed by atoms with Crippen molar-refractivity contribution in [2.24, 2.45) is 0 Å². The van der Waals surface area contributed by atoms with Crippen LogP contribution < -0.4 is 16.2 Å². The van der Waals surface area contributed by atoms with Crippen LogP contribution in [-0.4, -0.2) is 66.4 Å². The Morgan fingerprint density at radius 3 is 2.36 bits per heavy atom. The van der Waals surface area contributed by atoms with Crippen molar-refractivity contribution in [1.82, 2.24) is 20.5 Å². The summed E-state index contributed by atoms with van der Waals surface area (Å²) >= 11 is 0. The summed E-state index contributed by atoms with van der Waals surface area (Å²) in [6.45, 7) is 1.10. The van der Waals surface area contributed by atoms with Crippen molar-refractivity contribution in [3.63, 3.8) is 0 Å². The van der Waals surface area contributed by atoms with E-state index in [2.05, 4.69) is 15.6 Å². The third kappa shape index (κ3) is 6.57. The minimum atomic E-state index is -1.02. The van der Waals surface area contributed by atoms with E-state index in [1.165, 1.54) is 19.4 Å². The third-order valence-corrected chi connectivity index (χ3v) is 8.60. The lowest BCUT2D eigenvalue weighted by atomic mass is 9.62. The molecule has 3 N–H and O–H groups in total. The maximum atomic E-state index is 14.0. The lowest BCUT2D eigenvalue weighted by molar-refractivity contribution is -0.140. The molecule has 232 valence electrons. The molecule has 0 spiro atoms. The molecule has 0 bridgehead atoms. The van der Waals surface area contributed by atoms with Crippen molar-refractivity contribution in [3.8, 4) is 0 Å². The summed E-state index contributed by atoms with van der Waals surface area (Å²) in [6.07, 6.45) is 3.60. The van der Waals surface area contributed by atoms with Crippen molar-refractivity contribution in [2.45, 2.75) is 49.5 Å².